The van der Waals surface area contributed by atoms with Crippen LogP contribution in [0.1, 0.15) is 16.1 Å². The molecule has 158 valence electrons. The second-order valence-corrected chi connectivity index (χ2v) is 8.85. The van der Waals surface area contributed by atoms with Gasteiger partial charge in [-0.1, -0.05) is 46.8 Å². The van der Waals surface area contributed by atoms with E-state index in [1.807, 2.05) is 24.3 Å². The van der Waals surface area contributed by atoms with Crippen LogP contribution in [0.4, 0.5) is 9.52 Å². The van der Waals surface area contributed by atoms with E-state index in [0.29, 0.717) is 25.9 Å². The minimum Gasteiger partial charge on any atom is -0.493 e. The molecule has 0 aliphatic carbocycles. The first-order chi connectivity index (χ1) is 15.0. The number of rotatable bonds is 7. The normalized spacial score (nSPS) is 10.8. The predicted molar refractivity (Wildman–Crippen MR) is 119 cm³/mol. The first-order valence-electron chi connectivity index (χ1n) is 8.93. The van der Waals surface area contributed by atoms with Crippen molar-refractivity contribution in [1.29, 1.82) is 0 Å². The summed E-state index contributed by atoms with van der Waals surface area (Å²) in [5, 5.41) is 16.1. The van der Waals surface area contributed by atoms with E-state index in [1.165, 1.54) is 47.0 Å². The summed E-state index contributed by atoms with van der Waals surface area (Å²) in [7, 11) is 1.44. The standard InChI is InChI=1S/C20H15ClFN5O2S2/c1-29-16-10-27(15-8-6-14(22)7-9-15)26-17(16)18(28)23-19-24-25-20(31-19)30-11-12-2-4-13(21)5-3-12/h2-10H,11H2,1H3,(H,23,24,28). The Labute approximate surface area is 190 Å². The van der Waals surface area contributed by atoms with E-state index in [-0.39, 0.29) is 17.3 Å². The molecule has 0 saturated heterocycles. The minimum absolute atomic E-state index is 0.0809. The second kappa shape index (κ2) is 9.46. The highest BCUT2D eigenvalue weighted by Crippen LogP contribution is 2.29. The number of aromatic nitrogens is 4. The third-order valence-corrected chi connectivity index (χ3v) is 6.40. The van der Waals surface area contributed by atoms with Crippen molar-refractivity contribution in [3.05, 3.63) is 76.8 Å². The molecule has 2 aromatic carbocycles. The molecular weight excluding hydrogens is 461 g/mol. The molecule has 4 rings (SSSR count). The second-order valence-electron chi connectivity index (χ2n) is 6.21. The van der Waals surface area contributed by atoms with Crippen LogP contribution in [0.25, 0.3) is 5.69 Å². The van der Waals surface area contributed by atoms with Gasteiger partial charge in [-0.3, -0.25) is 10.1 Å². The Morgan fingerprint density at radius 1 is 1.19 bits per heavy atom. The predicted octanol–water partition coefficient (Wildman–Crippen LogP) is 5.07. The summed E-state index contributed by atoms with van der Waals surface area (Å²) in [6.45, 7) is 0. The van der Waals surface area contributed by atoms with Gasteiger partial charge in [-0.15, -0.1) is 10.2 Å². The number of benzene rings is 2. The van der Waals surface area contributed by atoms with Crippen molar-refractivity contribution in [1.82, 2.24) is 20.0 Å². The van der Waals surface area contributed by atoms with Crippen molar-refractivity contribution in [3.63, 3.8) is 0 Å². The van der Waals surface area contributed by atoms with Gasteiger partial charge in [0.25, 0.3) is 5.91 Å². The summed E-state index contributed by atoms with van der Waals surface area (Å²) in [6, 6.07) is 13.3. The molecule has 0 saturated carbocycles. The number of nitrogens with one attached hydrogen (secondary N) is 1. The van der Waals surface area contributed by atoms with Crippen LogP contribution >= 0.6 is 34.7 Å². The quantitative estimate of drug-likeness (QED) is 0.297. The highest BCUT2D eigenvalue weighted by atomic mass is 35.5. The molecule has 0 bridgehead atoms. The number of carbonyl (C=O) groups excluding carboxylic acids is 1. The first kappa shape index (κ1) is 21.3. The van der Waals surface area contributed by atoms with Gasteiger partial charge in [0.15, 0.2) is 15.8 Å². The fourth-order valence-corrected chi connectivity index (χ4v) is 4.42. The number of hydrogen-bond donors (Lipinski definition) is 1. The maximum atomic E-state index is 13.2. The third-order valence-electron chi connectivity index (χ3n) is 4.11. The topological polar surface area (TPSA) is 81.9 Å². The molecule has 2 heterocycles. The van der Waals surface area contributed by atoms with Crippen LogP contribution in [0.2, 0.25) is 5.02 Å². The van der Waals surface area contributed by atoms with Gasteiger partial charge >= 0.3 is 0 Å². The van der Waals surface area contributed by atoms with Gasteiger partial charge < -0.3 is 4.74 Å². The molecule has 0 aliphatic rings. The number of carbonyl (C=O) groups is 1. The maximum absolute atomic E-state index is 13.2. The van der Waals surface area contributed by atoms with Crippen LogP contribution < -0.4 is 10.1 Å². The lowest BCUT2D eigenvalue weighted by Gasteiger charge is -2.00. The summed E-state index contributed by atoms with van der Waals surface area (Å²) in [6.07, 6.45) is 1.55. The molecule has 1 N–H and O–H groups in total. The number of amides is 1. The number of halogens is 2. The number of hydrogen-bond acceptors (Lipinski definition) is 7. The van der Waals surface area contributed by atoms with Crippen LogP contribution in [0.5, 0.6) is 5.75 Å². The number of anilines is 1. The zero-order valence-corrected chi connectivity index (χ0v) is 18.5. The van der Waals surface area contributed by atoms with E-state index in [1.54, 1.807) is 18.3 Å². The van der Waals surface area contributed by atoms with Crippen LogP contribution in [-0.2, 0) is 5.75 Å². The molecule has 4 aromatic rings. The van der Waals surface area contributed by atoms with Crippen molar-refractivity contribution in [3.8, 4) is 11.4 Å². The van der Waals surface area contributed by atoms with E-state index >= 15 is 0 Å². The largest absolute Gasteiger partial charge is 0.493 e. The smallest absolute Gasteiger partial charge is 0.281 e. The average molecular weight is 476 g/mol. The van der Waals surface area contributed by atoms with Crippen LogP contribution in [0, 0.1) is 5.82 Å². The molecule has 0 aliphatic heterocycles. The molecule has 11 heteroatoms. The molecule has 0 radical (unpaired) electrons. The molecule has 7 nitrogen and oxygen atoms in total. The Kier molecular flexibility index (Phi) is 6.50. The van der Waals surface area contributed by atoms with Gasteiger partial charge in [-0.05, 0) is 42.0 Å². The Balaban J connectivity index is 1.43. The fourth-order valence-electron chi connectivity index (χ4n) is 2.59. The van der Waals surface area contributed by atoms with Gasteiger partial charge in [0.2, 0.25) is 5.13 Å². The van der Waals surface area contributed by atoms with Gasteiger partial charge in [0.05, 0.1) is 19.0 Å². The lowest BCUT2D eigenvalue weighted by atomic mass is 10.2. The zero-order valence-electron chi connectivity index (χ0n) is 16.1. The van der Waals surface area contributed by atoms with E-state index in [4.69, 9.17) is 16.3 Å². The van der Waals surface area contributed by atoms with Gasteiger partial charge in [0.1, 0.15) is 5.82 Å². The highest BCUT2D eigenvalue weighted by Gasteiger charge is 2.20. The lowest BCUT2D eigenvalue weighted by molar-refractivity contribution is 0.101. The summed E-state index contributed by atoms with van der Waals surface area (Å²) in [5.41, 5.74) is 1.78. The van der Waals surface area contributed by atoms with Crippen molar-refractivity contribution < 1.29 is 13.9 Å². The monoisotopic (exact) mass is 475 g/mol. The Morgan fingerprint density at radius 3 is 2.65 bits per heavy atom. The van der Waals surface area contributed by atoms with Crippen LogP contribution in [0.3, 0.4) is 0 Å². The van der Waals surface area contributed by atoms with E-state index in [9.17, 15) is 9.18 Å². The summed E-state index contributed by atoms with van der Waals surface area (Å²) < 4.78 is 20.6. The Morgan fingerprint density at radius 2 is 1.94 bits per heavy atom. The number of methoxy groups -OCH3 is 1. The van der Waals surface area contributed by atoms with Gasteiger partial charge in [-0.25, -0.2) is 9.07 Å². The molecule has 31 heavy (non-hydrogen) atoms. The number of nitrogens with zero attached hydrogens (tertiary/aromatic N) is 4. The molecule has 2 aromatic heterocycles. The van der Waals surface area contributed by atoms with Crippen molar-refractivity contribution in [2.75, 3.05) is 12.4 Å². The number of thioether (sulfide) groups is 1. The van der Waals surface area contributed by atoms with Crippen molar-refractivity contribution in [2.45, 2.75) is 10.1 Å². The first-order valence-corrected chi connectivity index (χ1v) is 11.1. The molecule has 0 fully saturated rings. The fraction of sp³-hybridized carbons (Fsp3) is 0.100. The third kappa shape index (κ3) is 5.22. The van der Waals surface area contributed by atoms with Crippen molar-refractivity contribution >= 4 is 45.7 Å². The van der Waals surface area contributed by atoms with Crippen molar-refractivity contribution in [2.24, 2.45) is 0 Å². The summed E-state index contributed by atoms with van der Waals surface area (Å²) in [5.74, 6) is 0.143. The molecule has 0 atom stereocenters. The Hall–Kier alpha value is -2.95. The van der Waals surface area contributed by atoms with Gasteiger partial charge in [-0.2, -0.15) is 5.10 Å². The maximum Gasteiger partial charge on any atom is 0.281 e. The SMILES string of the molecule is COc1cn(-c2ccc(F)cc2)nc1C(=O)Nc1nnc(SCc2ccc(Cl)cc2)s1. The molecule has 0 unspecified atom stereocenters. The summed E-state index contributed by atoms with van der Waals surface area (Å²) >= 11 is 8.67. The molecule has 1 amide bonds. The lowest BCUT2D eigenvalue weighted by Crippen LogP contribution is -2.14. The molecular formula is C20H15ClFN5O2S2. The van der Waals surface area contributed by atoms with Gasteiger partial charge in [0, 0.05) is 10.8 Å². The van der Waals surface area contributed by atoms with E-state index < -0.39 is 5.91 Å². The average Bonchev–Trinajstić information content (AvgIpc) is 3.41. The highest BCUT2D eigenvalue weighted by molar-refractivity contribution is 8.00. The molecule has 0 spiro atoms. The summed E-state index contributed by atoms with van der Waals surface area (Å²) in [4.78, 5) is 12.7. The van der Waals surface area contributed by atoms with E-state index in [0.717, 1.165) is 5.56 Å². The van der Waals surface area contributed by atoms with Crippen LogP contribution in [0.15, 0.2) is 59.1 Å². The minimum atomic E-state index is -0.483. The zero-order chi connectivity index (χ0) is 21.8. The van der Waals surface area contributed by atoms with E-state index in [2.05, 4.69) is 20.6 Å². The Bertz CT molecular complexity index is 1200. The number of ether oxygens (including phenoxy) is 1. The van der Waals surface area contributed by atoms with Crippen LogP contribution in [-0.4, -0.2) is 33.0 Å².